The number of nitrogens with zero attached hydrogens (tertiary/aromatic N) is 2. The fourth-order valence-electron chi connectivity index (χ4n) is 3.11. The van der Waals surface area contributed by atoms with Crippen molar-refractivity contribution in [2.24, 2.45) is 5.73 Å². The van der Waals surface area contributed by atoms with Crippen molar-refractivity contribution in [3.8, 4) is 5.88 Å². The number of hydrogen-bond acceptors (Lipinski definition) is 6. The zero-order valence-electron chi connectivity index (χ0n) is 14.4. The van der Waals surface area contributed by atoms with Gasteiger partial charge in [-0.2, -0.15) is 4.98 Å². The smallest absolute Gasteiger partial charge is 0.225 e. The molecule has 2 aliphatic heterocycles. The van der Waals surface area contributed by atoms with E-state index in [2.05, 4.69) is 15.2 Å². The second kappa shape index (κ2) is 8.11. The molecular formula is C18H25N5O2. The van der Waals surface area contributed by atoms with E-state index in [1.165, 1.54) is 0 Å². The maximum Gasteiger partial charge on any atom is 0.225 e. The molecule has 2 aliphatic rings. The third-order valence-corrected chi connectivity index (χ3v) is 4.61. The van der Waals surface area contributed by atoms with Crippen LogP contribution in [0.3, 0.4) is 0 Å². The molecule has 4 N–H and O–H groups in total. The van der Waals surface area contributed by atoms with Crippen molar-refractivity contribution >= 4 is 17.4 Å². The number of aryl methyl sites for hydroxylation is 1. The van der Waals surface area contributed by atoms with Gasteiger partial charge in [0, 0.05) is 49.5 Å². The van der Waals surface area contributed by atoms with Crippen LogP contribution in [0.4, 0.5) is 5.82 Å². The molecule has 0 unspecified atom stereocenters. The summed E-state index contributed by atoms with van der Waals surface area (Å²) >= 11 is 0. The Hall–Kier alpha value is -2.41. The molecule has 1 fully saturated rings. The normalized spacial score (nSPS) is 19.6. The number of hydrogen-bond donors (Lipinski definition) is 3. The van der Waals surface area contributed by atoms with Crippen LogP contribution in [0.25, 0.3) is 0 Å². The zero-order valence-corrected chi connectivity index (χ0v) is 14.4. The Morgan fingerprint density at radius 1 is 1.32 bits per heavy atom. The number of anilines is 1. The molecule has 7 heteroatoms. The number of carbonyl (C=O) groups excluding carboxylic acids is 1. The Balaban J connectivity index is 1.38. The van der Waals surface area contributed by atoms with E-state index >= 15 is 0 Å². The van der Waals surface area contributed by atoms with E-state index in [9.17, 15) is 4.79 Å². The Bertz CT molecular complexity index is 686. The molecule has 1 aromatic heterocycles. The topological polar surface area (TPSA) is 104 Å². The molecule has 7 nitrogen and oxygen atoms in total. The van der Waals surface area contributed by atoms with Gasteiger partial charge >= 0.3 is 0 Å². The van der Waals surface area contributed by atoms with Crippen molar-refractivity contribution in [1.82, 2.24) is 9.88 Å². The van der Waals surface area contributed by atoms with Gasteiger partial charge in [0.1, 0.15) is 5.82 Å². The fourth-order valence-corrected chi connectivity index (χ4v) is 3.11. The molecular weight excluding hydrogens is 318 g/mol. The molecule has 0 bridgehead atoms. The molecule has 1 aromatic rings. The van der Waals surface area contributed by atoms with Gasteiger partial charge < -0.3 is 21.2 Å². The van der Waals surface area contributed by atoms with E-state index in [1.54, 1.807) is 6.20 Å². The lowest BCUT2D eigenvalue weighted by Gasteiger charge is -2.28. The van der Waals surface area contributed by atoms with Gasteiger partial charge in [0.05, 0.1) is 6.61 Å². The molecule has 0 aromatic carbocycles. The number of ether oxygens (including phenoxy) is 1. The summed E-state index contributed by atoms with van der Waals surface area (Å²) in [4.78, 5) is 18.1. The van der Waals surface area contributed by atoms with Crippen LogP contribution in [-0.4, -0.2) is 47.7 Å². The predicted molar refractivity (Wildman–Crippen MR) is 97.0 cm³/mol. The van der Waals surface area contributed by atoms with Crippen LogP contribution in [0.5, 0.6) is 5.88 Å². The minimum absolute atomic E-state index is 0.0117. The largest absolute Gasteiger partial charge is 0.478 e. The summed E-state index contributed by atoms with van der Waals surface area (Å²) < 4.78 is 5.71. The maximum atomic E-state index is 11.4. The maximum absolute atomic E-state index is 11.4. The Kier molecular flexibility index (Phi) is 5.65. The van der Waals surface area contributed by atoms with Gasteiger partial charge in [0.25, 0.3) is 0 Å². The van der Waals surface area contributed by atoms with Gasteiger partial charge in [-0.25, -0.2) is 0 Å². The molecule has 25 heavy (non-hydrogen) atoms. The lowest BCUT2D eigenvalue weighted by molar-refractivity contribution is -0.116. The highest BCUT2D eigenvalue weighted by atomic mass is 16.5. The Labute approximate surface area is 147 Å². The van der Waals surface area contributed by atoms with Crippen LogP contribution in [0.2, 0.25) is 0 Å². The monoisotopic (exact) mass is 343 g/mol. The number of aromatic nitrogens is 1. The van der Waals surface area contributed by atoms with E-state index in [0.717, 1.165) is 56.5 Å². The molecule has 0 spiro atoms. The number of likely N-dealkylation sites (tertiary alicyclic amines) is 1. The molecule has 134 valence electrons. The molecule has 0 atom stereocenters. The number of amides is 1. The molecule has 3 rings (SSSR count). The van der Waals surface area contributed by atoms with Crippen molar-refractivity contribution in [2.75, 3.05) is 31.6 Å². The highest BCUT2D eigenvalue weighted by Crippen LogP contribution is 2.23. The van der Waals surface area contributed by atoms with Gasteiger partial charge in [-0.15, -0.1) is 0 Å². The summed E-state index contributed by atoms with van der Waals surface area (Å²) in [5.41, 5.74) is 8.23. The average molecular weight is 343 g/mol. The highest BCUT2D eigenvalue weighted by Gasteiger charge is 2.18. The van der Waals surface area contributed by atoms with Crippen molar-refractivity contribution in [1.29, 1.82) is 5.41 Å². The van der Waals surface area contributed by atoms with Crippen LogP contribution in [0, 0.1) is 5.41 Å². The highest BCUT2D eigenvalue weighted by molar-refractivity contribution is 5.98. The lowest BCUT2D eigenvalue weighted by atomic mass is 10.0. The first-order valence-electron chi connectivity index (χ1n) is 8.79. The van der Waals surface area contributed by atoms with Gasteiger partial charge in [0.15, 0.2) is 0 Å². The van der Waals surface area contributed by atoms with Crippen LogP contribution in [-0.2, 0) is 11.2 Å². The summed E-state index contributed by atoms with van der Waals surface area (Å²) in [6, 6.07) is 3.84. The molecule has 3 heterocycles. The molecule has 1 amide bonds. The first-order valence-corrected chi connectivity index (χ1v) is 8.79. The Morgan fingerprint density at radius 2 is 2.20 bits per heavy atom. The van der Waals surface area contributed by atoms with Gasteiger partial charge in [0.2, 0.25) is 11.8 Å². The SMILES string of the molecule is N=C1CCN(CCCCOc2ccc3c(n2)NC(=O)CC3)C/C1=C/N. The van der Waals surface area contributed by atoms with E-state index in [-0.39, 0.29) is 5.91 Å². The van der Waals surface area contributed by atoms with Gasteiger partial charge in [-0.05, 0) is 37.4 Å². The number of nitrogens with one attached hydrogen (secondary N) is 2. The van der Waals surface area contributed by atoms with Crippen molar-refractivity contribution in [2.45, 2.75) is 32.1 Å². The Morgan fingerprint density at radius 3 is 3.04 bits per heavy atom. The predicted octanol–water partition coefficient (Wildman–Crippen LogP) is 1.69. The van der Waals surface area contributed by atoms with Gasteiger partial charge in [-0.1, -0.05) is 0 Å². The average Bonchev–Trinajstić information content (AvgIpc) is 2.62. The molecule has 0 aliphatic carbocycles. The quantitative estimate of drug-likeness (QED) is 0.682. The van der Waals surface area contributed by atoms with Crippen LogP contribution in [0.1, 0.15) is 31.2 Å². The van der Waals surface area contributed by atoms with Crippen LogP contribution in [0.15, 0.2) is 23.9 Å². The summed E-state index contributed by atoms with van der Waals surface area (Å²) in [6.07, 6.45) is 5.53. The number of unbranched alkanes of at least 4 members (excludes halogenated alkanes) is 1. The lowest BCUT2D eigenvalue weighted by Crippen LogP contribution is -2.36. The zero-order chi connectivity index (χ0) is 17.6. The fraction of sp³-hybridized carbons (Fsp3) is 0.500. The van der Waals surface area contributed by atoms with Gasteiger partial charge in [-0.3, -0.25) is 9.69 Å². The summed E-state index contributed by atoms with van der Waals surface area (Å²) in [7, 11) is 0. The van der Waals surface area contributed by atoms with E-state index in [1.807, 2.05) is 12.1 Å². The molecule has 0 saturated carbocycles. The van der Waals surface area contributed by atoms with E-state index < -0.39 is 0 Å². The number of nitrogens with two attached hydrogens (primary N) is 1. The standard InChI is InChI=1S/C18H25N5O2/c19-11-14-12-23(9-7-15(14)20)8-1-2-10-25-17-6-4-13-3-5-16(24)21-18(13)22-17/h4,6,11,20H,1-3,5,7-10,12,19H2,(H,21,22,24)/b14-11-,20-15?. The number of carbonyl (C=O) groups is 1. The minimum Gasteiger partial charge on any atom is -0.478 e. The molecule has 1 saturated heterocycles. The second-order valence-electron chi connectivity index (χ2n) is 6.46. The van der Waals surface area contributed by atoms with Crippen LogP contribution < -0.4 is 15.8 Å². The first kappa shape index (κ1) is 17.4. The van der Waals surface area contributed by atoms with Crippen molar-refractivity contribution < 1.29 is 9.53 Å². The van der Waals surface area contributed by atoms with Crippen molar-refractivity contribution in [3.63, 3.8) is 0 Å². The number of piperidine rings is 1. The number of rotatable bonds is 6. The third-order valence-electron chi connectivity index (χ3n) is 4.61. The van der Waals surface area contributed by atoms with Crippen molar-refractivity contribution in [3.05, 3.63) is 29.5 Å². The van der Waals surface area contributed by atoms with Crippen LogP contribution >= 0.6 is 0 Å². The first-order chi connectivity index (χ1) is 12.2. The summed E-state index contributed by atoms with van der Waals surface area (Å²) in [5.74, 6) is 1.20. The minimum atomic E-state index is 0.0117. The summed E-state index contributed by atoms with van der Waals surface area (Å²) in [5, 5.41) is 10.6. The van der Waals surface area contributed by atoms with E-state index in [4.69, 9.17) is 15.9 Å². The van der Waals surface area contributed by atoms with E-state index in [0.29, 0.717) is 30.4 Å². The molecule has 0 radical (unpaired) electrons. The third kappa shape index (κ3) is 4.57. The number of pyridine rings is 1. The number of fused-ring (bicyclic) bond motifs is 1. The summed E-state index contributed by atoms with van der Waals surface area (Å²) in [6.45, 7) is 3.26. The second-order valence-corrected chi connectivity index (χ2v) is 6.46.